The molecule has 0 aliphatic rings. The molecule has 11 heteroatoms. The van der Waals surface area contributed by atoms with Crippen molar-refractivity contribution in [2.24, 2.45) is 5.92 Å². The van der Waals surface area contributed by atoms with Gasteiger partial charge >= 0.3 is 6.09 Å². The number of hydrogen-bond acceptors (Lipinski definition) is 7. The number of amides is 2. The minimum Gasteiger partial charge on any atom is -0.450 e. The molecule has 0 aromatic heterocycles. The Morgan fingerprint density at radius 3 is 2.39 bits per heavy atom. The fourth-order valence-corrected chi connectivity index (χ4v) is 3.13. The molecule has 1 unspecified atom stereocenters. The lowest BCUT2D eigenvalue weighted by atomic mass is 10.0. The number of sulfone groups is 1. The van der Waals surface area contributed by atoms with Gasteiger partial charge in [-0.3, -0.25) is 14.9 Å². The van der Waals surface area contributed by atoms with Gasteiger partial charge in [-0.25, -0.2) is 13.2 Å². The molecule has 0 fully saturated rings. The molecule has 0 aliphatic heterocycles. The van der Waals surface area contributed by atoms with Crippen LogP contribution in [-0.2, 0) is 14.6 Å². The molecule has 2 N–H and O–H groups in total. The Kier molecular flexibility index (Phi) is 8.35. The summed E-state index contributed by atoms with van der Waals surface area (Å²) in [5, 5.41) is 16.3. The number of non-ortho nitro benzene ring substituents is 1. The van der Waals surface area contributed by atoms with Crippen molar-refractivity contribution in [2.45, 2.75) is 38.1 Å². The number of rotatable bonds is 9. The minimum absolute atomic E-state index is 0.0483. The first kappa shape index (κ1) is 23.3. The van der Waals surface area contributed by atoms with Crippen LogP contribution in [0, 0.1) is 16.0 Å². The molecule has 156 valence electrons. The number of ether oxygens (including phenoxy) is 1. The smallest absolute Gasteiger partial charge is 0.407 e. The van der Waals surface area contributed by atoms with E-state index in [1.807, 2.05) is 13.8 Å². The molecule has 0 saturated carbocycles. The van der Waals surface area contributed by atoms with Crippen LogP contribution in [0.1, 0.15) is 37.6 Å². The third-order valence-electron chi connectivity index (χ3n) is 3.65. The molecule has 1 atom stereocenters. The highest BCUT2D eigenvalue weighted by Crippen LogP contribution is 2.21. The monoisotopic (exact) mass is 415 g/mol. The van der Waals surface area contributed by atoms with Crippen LogP contribution >= 0.6 is 0 Å². The molecule has 0 heterocycles. The van der Waals surface area contributed by atoms with E-state index >= 15 is 0 Å². The molecule has 0 bridgehead atoms. The molecule has 2 amide bonds. The van der Waals surface area contributed by atoms with Crippen molar-refractivity contribution < 1.29 is 27.7 Å². The zero-order valence-corrected chi connectivity index (χ0v) is 17.0. The van der Waals surface area contributed by atoms with Gasteiger partial charge in [0.2, 0.25) is 0 Å². The van der Waals surface area contributed by atoms with Crippen molar-refractivity contribution in [1.29, 1.82) is 0 Å². The van der Waals surface area contributed by atoms with Crippen LogP contribution in [0.25, 0.3) is 0 Å². The van der Waals surface area contributed by atoms with Gasteiger partial charge in [0.1, 0.15) is 0 Å². The number of nitrogens with one attached hydrogen (secondary N) is 2. The molecule has 0 radical (unpaired) electrons. The fraction of sp³-hybridized carbons (Fsp3) is 0.529. The third-order valence-corrected chi connectivity index (χ3v) is 4.75. The van der Waals surface area contributed by atoms with Gasteiger partial charge in [-0.2, -0.15) is 0 Å². The standard InChI is InChI=1S/C17H25N3O7S/c1-5-27-17(22)19-13(6-11(2)3)10-18-16(21)12-7-14(20(23)24)9-15(8-12)28(4,25)26/h7-9,11,13H,5-6,10H2,1-4H3,(H,18,21)(H,19,22). The first-order valence-corrected chi connectivity index (χ1v) is 10.5. The average molecular weight is 415 g/mol. The number of benzene rings is 1. The summed E-state index contributed by atoms with van der Waals surface area (Å²) in [6, 6.07) is 2.56. The Bertz CT molecular complexity index is 837. The lowest BCUT2D eigenvalue weighted by Crippen LogP contribution is -2.44. The molecule has 1 aromatic rings. The molecule has 0 aliphatic carbocycles. The predicted octanol–water partition coefficient (Wildman–Crippen LogP) is 1.89. The first-order chi connectivity index (χ1) is 12.9. The van der Waals surface area contributed by atoms with E-state index in [-0.39, 0.29) is 29.5 Å². The van der Waals surface area contributed by atoms with Crippen molar-refractivity contribution in [3.05, 3.63) is 33.9 Å². The van der Waals surface area contributed by atoms with Gasteiger partial charge in [-0.1, -0.05) is 13.8 Å². The Hall–Kier alpha value is -2.69. The molecular formula is C17H25N3O7S. The highest BCUT2D eigenvalue weighted by Gasteiger charge is 2.21. The summed E-state index contributed by atoms with van der Waals surface area (Å²) in [4.78, 5) is 34.0. The summed E-state index contributed by atoms with van der Waals surface area (Å²) in [5.41, 5.74) is -0.662. The maximum atomic E-state index is 12.4. The fourth-order valence-electron chi connectivity index (χ4n) is 2.45. The van der Waals surface area contributed by atoms with Gasteiger partial charge in [0.15, 0.2) is 9.84 Å². The van der Waals surface area contributed by atoms with E-state index in [1.54, 1.807) is 6.92 Å². The van der Waals surface area contributed by atoms with E-state index in [1.165, 1.54) is 0 Å². The molecule has 0 saturated heterocycles. The van der Waals surface area contributed by atoms with Gasteiger partial charge in [0, 0.05) is 36.5 Å². The number of nitro benzene ring substituents is 1. The predicted molar refractivity (Wildman–Crippen MR) is 102 cm³/mol. The van der Waals surface area contributed by atoms with Crippen molar-refractivity contribution in [3.8, 4) is 0 Å². The first-order valence-electron chi connectivity index (χ1n) is 8.65. The second kappa shape index (κ2) is 10.0. The zero-order valence-electron chi connectivity index (χ0n) is 16.2. The van der Waals surface area contributed by atoms with Gasteiger partial charge < -0.3 is 15.4 Å². The molecule has 10 nitrogen and oxygen atoms in total. The number of hydrogen-bond donors (Lipinski definition) is 2. The number of nitrogens with zero attached hydrogens (tertiary/aromatic N) is 1. The normalized spacial score (nSPS) is 12.3. The van der Waals surface area contributed by atoms with Crippen LogP contribution < -0.4 is 10.6 Å². The van der Waals surface area contributed by atoms with E-state index < -0.39 is 38.5 Å². The van der Waals surface area contributed by atoms with E-state index in [4.69, 9.17) is 4.74 Å². The summed E-state index contributed by atoms with van der Waals surface area (Å²) in [7, 11) is -3.74. The minimum atomic E-state index is -3.74. The Morgan fingerprint density at radius 2 is 1.89 bits per heavy atom. The summed E-state index contributed by atoms with van der Waals surface area (Å²) >= 11 is 0. The summed E-state index contributed by atoms with van der Waals surface area (Å²) in [6.07, 6.45) is 0.843. The van der Waals surface area contributed by atoms with Crippen LogP contribution in [0.5, 0.6) is 0 Å². The van der Waals surface area contributed by atoms with E-state index in [9.17, 15) is 28.1 Å². The van der Waals surface area contributed by atoms with Crippen molar-refractivity contribution in [3.63, 3.8) is 0 Å². The Morgan fingerprint density at radius 1 is 1.25 bits per heavy atom. The molecule has 1 aromatic carbocycles. The summed E-state index contributed by atoms with van der Waals surface area (Å²) in [5.74, 6) is -0.466. The summed E-state index contributed by atoms with van der Waals surface area (Å²) in [6.45, 7) is 5.81. The SMILES string of the molecule is CCOC(=O)NC(CNC(=O)c1cc([N+](=O)[O-])cc(S(C)(=O)=O)c1)CC(C)C. The van der Waals surface area contributed by atoms with Crippen LogP contribution in [0.2, 0.25) is 0 Å². The number of carbonyl (C=O) groups excluding carboxylic acids is 2. The van der Waals surface area contributed by atoms with E-state index in [0.29, 0.717) is 6.42 Å². The molecule has 1 rings (SSSR count). The van der Waals surface area contributed by atoms with Crippen LogP contribution in [0.15, 0.2) is 23.1 Å². The number of carbonyl (C=O) groups is 2. The quantitative estimate of drug-likeness (QED) is 0.463. The van der Waals surface area contributed by atoms with Gasteiger partial charge in [0.05, 0.1) is 16.4 Å². The van der Waals surface area contributed by atoms with Gasteiger partial charge in [-0.05, 0) is 25.3 Å². The highest BCUT2D eigenvalue weighted by molar-refractivity contribution is 7.90. The van der Waals surface area contributed by atoms with Crippen LogP contribution in [-0.4, -0.2) is 50.8 Å². The average Bonchev–Trinajstić information content (AvgIpc) is 2.57. The molecular weight excluding hydrogens is 390 g/mol. The van der Waals surface area contributed by atoms with Crippen LogP contribution in [0.3, 0.4) is 0 Å². The lowest BCUT2D eigenvalue weighted by molar-refractivity contribution is -0.385. The zero-order chi connectivity index (χ0) is 21.5. The van der Waals surface area contributed by atoms with Crippen LogP contribution in [0.4, 0.5) is 10.5 Å². The maximum Gasteiger partial charge on any atom is 0.407 e. The van der Waals surface area contributed by atoms with Gasteiger partial charge in [0.25, 0.3) is 11.6 Å². The second-order valence-electron chi connectivity index (χ2n) is 6.65. The van der Waals surface area contributed by atoms with Crippen molar-refractivity contribution in [1.82, 2.24) is 10.6 Å². The summed E-state index contributed by atoms with van der Waals surface area (Å²) < 4.78 is 28.3. The van der Waals surface area contributed by atoms with E-state index in [0.717, 1.165) is 24.5 Å². The van der Waals surface area contributed by atoms with Gasteiger partial charge in [-0.15, -0.1) is 0 Å². The topological polar surface area (TPSA) is 145 Å². The maximum absolute atomic E-state index is 12.4. The number of nitro groups is 1. The molecule has 0 spiro atoms. The second-order valence-corrected chi connectivity index (χ2v) is 8.66. The third kappa shape index (κ3) is 7.51. The molecule has 28 heavy (non-hydrogen) atoms. The Balaban J connectivity index is 2.99. The lowest BCUT2D eigenvalue weighted by Gasteiger charge is -2.20. The Labute approximate surface area is 163 Å². The van der Waals surface area contributed by atoms with Crippen molar-refractivity contribution >= 4 is 27.5 Å². The highest BCUT2D eigenvalue weighted by atomic mass is 32.2. The van der Waals surface area contributed by atoms with E-state index in [2.05, 4.69) is 10.6 Å². The largest absolute Gasteiger partial charge is 0.450 e. The number of alkyl carbamates (subject to hydrolysis) is 1. The van der Waals surface area contributed by atoms with Crippen molar-refractivity contribution in [2.75, 3.05) is 19.4 Å².